The standard InChI is InChI=1S/C37H72O3.CH4/c1-4-6-8-10-12-14-20-26-32-37(31-25-19-13-11-9-7-5-2,33-27-21-15-17-23-29-35(3)38)34-28-22-16-18-24-30-36(39)40;/h4-34H2,1-3H3,(H,39,40);1H4. The quantitative estimate of drug-likeness (QED) is 0.0785. The summed E-state index contributed by atoms with van der Waals surface area (Å²) in [4.78, 5) is 22.1. The number of Topliss-reactive ketones (excluding diaryl/α,β-unsaturated/α-hetero) is 1. The fourth-order valence-electron chi connectivity index (χ4n) is 6.55. The first kappa shape index (κ1) is 42.3. The molecule has 0 saturated heterocycles. The molecule has 0 rings (SSSR count). The molecular formula is C38H76O3. The van der Waals surface area contributed by atoms with E-state index in [9.17, 15) is 9.59 Å². The van der Waals surface area contributed by atoms with Crippen LogP contribution >= 0.6 is 0 Å². The highest BCUT2D eigenvalue weighted by molar-refractivity contribution is 5.75. The van der Waals surface area contributed by atoms with Crippen molar-refractivity contribution in [3.63, 3.8) is 0 Å². The lowest BCUT2D eigenvalue weighted by molar-refractivity contribution is -0.137. The Balaban J connectivity index is 0. The van der Waals surface area contributed by atoms with E-state index in [0.717, 1.165) is 25.7 Å². The Morgan fingerprint density at radius 3 is 1.00 bits per heavy atom. The maximum Gasteiger partial charge on any atom is 0.303 e. The zero-order chi connectivity index (χ0) is 29.6. The van der Waals surface area contributed by atoms with Gasteiger partial charge >= 0.3 is 5.97 Å². The highest BCUT2D eigenvalue weighted by atomic mass is 16.4. The van der Waals surface area contributed by atoms with Crippen LogP contribution in [0.15, 0.2) is 0 Å². The molecular weight excluding hydrogens is 504 g/mol. The van der Waals surface area contributed by atoms with Crippen molar-refractivity contribution in [1.29, 1.82) is 0 Å². The SMILES string of the molecule is C.CCCCCCCCCCC(CCCCCCCCC)(CCCCCCCC(C)=O)CCCCCCCC(=O)O. The summed E-state index contributed by atoms with van der Waals surface area (Å²) in [5.41, 5.74) is 0.520. The lowest BCUT2D eigenvalue weighted by atomic mass is 9.70. The maximum absolute atomic E-state index is 11.3. The van der Waals surface area contributed by atoms with Crippen LogP contribution in [0.3, 0.4) is 0 Å². The smallest absolute Gasteiger partial charge is 0.303 e. The van der Waals surface area contributed by atoms with E-state index in [0.29, 0.717) is 17.6 Å². The van der Waals surface area contributed by atoms with Gasteiger partial charge in [-0.15, -0.1) is 0 Å². The van der Waals surface area contributed by atoms with Crippen molar-refractivity contribution in [2.24, 2.45) is 5.41 Å². The minimum absolute atomic E-state index is 0. The van der Waals surface area contributed by atoms with Crippen LogP contribution in [0.2, 0.25) is 0 Å². The third-order valence-electron chi connectivity index (χ3n) is 9.21. The van der Waals surface area contributed by atoms with Gasteiger partial charge in [-0.3, -0.25) is 4.79 Å². The van der Waals surface area contributed by atoms with Gasteiger partial charge < -0.3 is 9.90 Å². The number of unbranched alkanes of at least 4 members (excludes halogenated alkanes) is 21. The van der Waals surface area contributed by atoms with Crippen molar-refractivity contribution < 1.29 is 14.7 Å². The Kier molecular flexibility index (Phi) is 33.1. The van der Waals surface area contributed by atoms with Gasteiger partial charge in [0.2, 0.25) is 0 Å². The van der Waals surface area contributed by atoms with E-state index in [-0.39, 0.29) is 7.43 Å². The van der Waals surface area contributed by atoms with Gasteiger partial charge in [0.05, 0.1) is 0 Å². The summed E-state index contributed by atoms with van der Waals surface area (Å²) in [6.07, 6.45) is 39.6. The van der Waals surface area contributed by atoms with Gasteiger partial charge in [0.1, 0.15) is 5.78 Å². The van der Waals surface area contributed by atoms with Gasteiger partial charge in [-0.1, -0.05) is 169 Å². The number of hydrogen-bond acceptors (Lipinski definition) is 2. The predicted octanol–water partition coefficient (Wildman–Crippen LogP) is 13.4. The Hall–Kier alpha value is -0.860. The molecule has 0 aliphatic carbocycles. The number of carboxylic acid groups (broad SMARTS) is 1. The van der Waals surface area contributed by atoms with E-state index >= 15 is 0 Å². The van der Waals surface area contributed by atoms with Crippen molar-refractivity contribution in [3.05, 3.63) is 0 Å². The fourth-order valence-corrected chi connectivity index (χ4v) is 6.55. The zero-order valence-electron chi connectivity index (χ0n) is 27.7. The van der Waals surface area contributed by atoms with Crippen LogP contribution in [-0.4, -0.2) is 16.9 Å². The van der Waals surface area contributed by atoms with E-state index in [4.69, 9.17) is 5.11 Å². The van der Waals surface area contributed by atoms with Crippen LogP contribution in [0.5, 0.6) is 0 Å². The largest absolute Gasteiger partial charge is 0.481 e. The Morgan fingerprint density at radius 1 is 0.439 bits per heavy atom. The highest BCUT2D eigenvalue weighted by Gasteiger charge is 2.28. The molecule has 0 aromatic heterocycles. The van der Waals surface area contributed by atoms with Crippen LogP contribution in [-0.2, 0) is 9.59 Å². The molecule has 246 valence electrons. The number of ketones is 1. The topological polar surface area (TPSA) is 54.4 Å². The molecule has 0 heterocycles. The number of rotatable bonds is 33. The summed E-state index contributed by atoms with van der Waals surface area (Å²) in [6, 6.07) is 0. The van der Waals surface area contributed by atoms with Crippen LogP contribution in [0.25, 0.3) is 0 Å². The third-order valence-corrected chi connectivity index (χ3v) is 9.21. The Morgan fingerprint density at radius 2 is 0.707 bits per heavy atom. The van der Waals surface area contributed by atoms with Crippen LogP contribution in [0.4, 0.5) is 0 Å². The molecule has 0 fully saturated rings. The van der Waals surface area contributed by atoms with Crippen LogP contribution in [0, 0.1) is 5.41 Å². The molecule has 1 unspecified atom stereocenters. The fraction of sp³-hybridized carbons (Fsp3) is 0.947. The minimum atomic E-state index is -0.652. The number of carbonyl (C=O) groups excluding carboxylic acids is 1. The highest BCUT2D eigenvalue weighted by Crippen LogP contribution is 2.42. The molecule has 3 nitrogen and oxygen atoms in total. The molecule has 0 radical (unpaired) electrons. The summed E-state index contributed by atoms with van der Waals surface area (Å²) in [6.45, 7) is 6.32. The normalized spacial score (nSPS) is 12.7. The van der Waals surface area contributed by atoms with Crippen molar-refractivity contribution in [2.45, 2.75) is 227 Å². The van der Waals surface area contributed by atoms with Gasteiger partial charge in [0.25, 0.3) is 0 Å². The summed E-state index contributed by atoms with van der Waals surface area (Å²) in [5, 5.41) is 8.92. The van der Waals surface area contributed by atoms with Crippen molar-refractivity contribution in [3.8, 4) is 0 Å². The van der Waals surface area contributed by atoms with Gasteiger partial charge in [0, 0.05) is 12.8 Å². The number of hydrogen-bond donors (Lipinski definition) is 1. The molecule has 0 saturated carbocycles. The van der Waals surface area contributed by atoms with E-state index in [2.05, 4.69) is 13.8 Å². The van der Waals surface area contributed by atoms with E-state index in [1.807, 2.05) is 0 Å². The monoisotopic (exact) mass is 581 g/mol. The zero-order valence-corrected chi connectivity index (χ0v) is 27.7. The summed E-state index contributed by atoms with van der Waals surface area (Å²) in [7, 11) is 0. The van der Waals surface area contributed by atoms with Crippen molar-refractivity contribution in [1.82, 2.24) is 0 Å². The number of aliphatic carboxylic acids is 1. The van der Waals surface area contributed by atoms with Crippen LogP contribution in [0.1, 0.15) is 227 Å². The molecule has 1 N–H and O–H groups in total. The summed E-state index contributed by atoms with van der Waals surface area (Å²) < 4.78 is 0. The second-order valence-electron chi connectivity index (χ2n) is 13.2. The molecule has 0 aliphatic rings. The lowest BCUT2D eigenvalue weighted by Crippen LogP contribution is -2.21. The van der Waals surface area contributed by atoms with Crippen molar-refractivity contribution in [2.75, 3.05) is 0 Å². The molecule has 1 atom stereocenters. The third kappa shape index (κ3) is 30.4. The second kappa shape index (κ2) is 32.1. The molecule has 0 bridgehead atoms. The van der Waals surface area contributed by atoms with Gasteiger partial charge in [-0.25, -0.2) is 0 Å². The molecule has 0 aliphatic heterocycles. The first-order chi connectivity index (χ1) is 19.5. The average molecular weight is 581 g/mol. The molecule has 0 aromatic rings. The second-order valence-corrected chi connectivity index (χ2v) is 13.2. The van der Waals surface area contributed by atoms with E-state index in [1.54, 1.807) is 6.92 Å². The van der Waals surface area contributed by atoms with Gasteiger partial charge in [-0.2, -0.15) is 0 Å². The van der Waals surface area contributed by atoms with Crippen LogP contribution < -0.4 is 0 Å². The number of carbonyl (C=O) groups is 2. The summed E-state index contributed by atoms with van der Waals surface area (Å²) >= 11 is 0. The molecule has 0 aromatic carbocycles. The Bertz CT molecular complexity index is 528. The molecule has 0 amide bonds. The predicted molar refractivity (Wildman–Crippen MR) is 182 cm³/mol. The first-order valence-corrected chi connectivity index (χ1v) is 18.2. The maximum atomic E-state index is 11.3. The first-order valence-electron chi connectivity index (χ1n) is 18.2. The van der Waals surface area contributed by atoms with Crippen molar-refractivity contribution >= 4 is 11.8 Å². The van der Waals surface area contributed by atoms with Gasteiger partial charge in [0.15, 0.2) is 0 Å². The molecule has 41 heavy (non-hydrogen) atoms. The van der Waals surface area contributed by atoms with E-state index < -0.39 is 5.97 Å². The number of carboxylic acids is 1. The average Bonchev–Trinajstić information content (AvgIpc) is 2.92. The lowest BCUT2D eigenvalue weighted by Gasteiger charge is -2.35. The minimum Gasteiger partial charge on any atom is -0.481 e. The molecule has 3 heteroatoms. The van der Waals surface area contributed by atoms with Gasteiger partial charge in [-0.05, 0) is 50.9 Å². The summed E-state index contributed by atoms with van der Waals surface area (Å²) in [5.74, 6) is -0.317. The van der Waals surface area contributed by atoms with E-state index in [1.165, 1.54) is 167 Å². The molecule has 0 spiro atoms. The Labute approximate surface area is 258 Å².